The summed E-state index contributed by atoms with van der Waals surface area (Å²) in [4.78, 5) is 28.1. The lowest BCUT2D eigenvalue weighted by Gasteiger charge is -2.19. The Hall–Kier alpha value is -4.09. The number of non-ortho nitro benzene ring substituents is 1. The zero-order valence-corrected chi connectivity index (χ0v) is 20.2. The fraction of sp³-hybridized carbons (Fsp3) is 0.0833. The lowest BCUT2D eigenvalue weighted by molar-refractivity contribution is -0.384. The highest BCUT2D eigenvalue weighted by Gasteiger charge is 2.21. The summed E-state index contributed by atoms with van der Waals surface area (Å²) in [5.74, 6) is -0.566. The van der Waals surface area contributed by atoms with E-state index in [4.69, 9.17) is 0 Å². The predicted molar refractivity (Wildman–Crippen MR) is 135 cm³/mol. The molecule has 4 aromatic rings. The average molecular weight is 509 g/mol. The number of nitro groups is 1. The van der Waals surface area contributed by atoms with Gasteiger partial charge in [0, 0.05) is 31.3 Å². The second kappa shape index (κ2) is 9.65. The molecule has 1 heterocycles. The molecule has 0 atom stereocenters. The summed E-state index contributed by atoms with van der Waals surface area (Å²) in [6, 6.07) is 18.7. The van der Waals surface area contributed by atoms with Crippen molar-refractivity contribution in [3.63, 3.8) is 0 Å². The number of aromatic nitrogens is 1. The van der Waals surface area contributed by atoms with E-state index in [-0.39, 0.29) is 16.1 Å². The van der Waals surface area contributed by atoms with Gasteiger partial charge in [-0.3, -0.25) is 19.2 Å². The second-order valence-corrected chi connectivity index (χ2v) is 10.4. The molecule has 1 aromatic heterocycles. The minimum absolute atomic E-state index is 0.0382. The first-order valence-corrected chi connectivity index (χ1v) is 12.6. The number of carbonyl (C=O) groups is 1. The number of hydrogen-bond donors (Lipinski definition) is 0. The van der Waals surface area contributed by atoms with Crippen LogP contribution in [0.25, 0.3) is 10.2 Å². The molecule has 35 heavy (non-hydrogen) atoms. The molecule has 0 radical (unpaired) electrons. The molecular weight excluding hydrogens is 488 g/mol. The summed E-state index contributed by atoms with van der Waals surface area (Å²) in [5.41, 5.74) is 1.36. The third-order valence-electron chi connectivity index (χ3n) is 5.27. The van der Waals surface area contributed by atoms with Gasteiger partial charge in [0.25, 0.3) is 21.6 Å². The van der Waals surface area contributed by atoms with Crippen LogP contribution in [0.5, 0.6) is 0 Å². The van der Waals surface area contributed by atoms with E-state index in [1.165, 1.54) is 47.8 Å². The van der Waals surface area contributed by atoms with E-state index in [2.05, 4.69) is 11.6 Å². The Morgan fingerprint density at radius 1 is 1.14 bits per heavy atom. The molecule has 0 unspecified atom stereocenters. The Morgan fingerprint density at radius 3 is 2.46 bits per heavy atom. The summed E-state index contributed by atoms with van der Waals surface area (Å²) in [5, 5.41) is 11.1. The fourth-order valence-electron chi connectivity index (χ4n) is 3.42. The van der Waals surface area contributed by atoms with Gasteiger partial charge in [0.1, 0.15) is 0 Å². The molecule has 0 N–H and O–H groups in total. The monoisotopic (exact) mass is 508 g/mol. The summed E-state index contributed by atoms with van der Waals surface area (Å²) in [7, 11) is -2.35. The summed E-state index contributed by atoms with van der Waals surface area (Å²) in [6.07, 6.45) is 1.64. The molecule has 0 saturated heterocycles. The highest BCUT2D eigenvalue weighted by Crippen LogP contribution is 2.24. The summed E-state index contributed by atoms with van der Waals surface area (Å²) >= 11 is 1.15. The Balaban J connectivity index is 1.67. The molecule has 1 amide bonds. The maximum absolute atomic E-state index is 13.0. The van der Waals surface area contributed by atoms with Crippen molar-refractivity contribution in [1.29, 1.82) is 0 Å². The van der Waals surface area contributed by atoms with E-state index in [0.717, 1.165) is 11.3 Å². The molecule has 0 bridgehead atoms. The van der Waals surface area contributed by atoms with Crippen molar-refractivity contribution in [3.05, 3.63) is 106 Å². The number of para-hydroxylation sites is 1. The van der Waals surface area contributed by atoms with Crippen LogP contribution in [0.4, 0.5) is 11.4 Å². The van der Waals surface area contributed by atoms with Gasteiger partial charge in [-0.05, 0) is 42.5 Å². The van der Waals surface area contributed by atoms with Gasteiger partial charge in [-0.2, -0.15) is 4.99 Å². The van der Waals surface area contributed by atoms with Crippen LogP contribution in [0, 0.1) is 10.1 Å². The number of amides is 1. The van der Waals surface area contributed by atoms with E-state index < -0.39 is 20.9 Å². The van der Waals surface area contributed by atoms with Gasteiger partial charge in [0.15, 0.2) is 4.80 Å². The molecule has 0 fully saturated rings. The lowest BCUT2D eigenvalue weighted by Crippen LogP contribution is -2.26. The maximum atomic E-state index is 13.0. The van der Waals surface area contributed by atoms with Crippen molar-refractivity contribution < 1.29 is 18.1 Å². The second-order valence-electron chi connectivity index (χ2n) is 7.44. The van der Waals surface area contributed by atoms with Crippen LogP contribution in [0.15, 0.2) is 95.3 Å². The number of benzene rings is 3. The van der Waals surface area contributed by atoms with E-state index >= 15 is 0 Å². The number of sulfonamides is 1. The average Bonchev–Trinajstić information content (AvgIpc) is 3.20. The quantitative estimate of drug-likeness (QED) is 0.209. The van der Waals surface area contributed by atoms with Crippen molar-refractivity contribution in [1.82, 2.24) is 4.57 Å². The minimum atomic E-state index is -3.81. The topological polar surface area (TPSA) is 115 Å². The molecule has 4 rings (SSSR count). The Labute approximate surface area is 205 Å². The third-order valence-corrected chi connectivity index (χ3v) is 8.11. The van der Waals surface area contributed by atoms with Crippen molar-refractivity contribution >= 4 is 48.9 Å². The van der Waals surface area contributed by atoms with Gasteiger partial charge >= 0.3 is 0 Å². The molecule has 9 nitrogen and oxygen atoms in total. The molecular formula is C24H20N4O5S2. The molecule has 0 spiro atoms. The van der Waals surface area contributed by atoms with E-state index in [1.807, 2.05) is 0 Å². The first-order chi connectivity index (χ1) is 16.7. The van der Waals surface area contributed by atoms with Crippen LogP contribution in [0.3, 0.4) is 0 Å². The van der Waals surface area contributed by atoms with Crippen LogP contribution in [-0.2, 0) is 16.6 Å². The van der Waals surface area contributed by atoms with E-state index in [9.17, 15) is 23.3 Å². The van der Waals surface area contributed by atoms with E-state index in [1.54, 1.807) is 47.0 Å². The lowest BCUT2D eigenvalue weighted by atomic mass is 10.2. The Morgan fingerprint density at radius 2 is 1.83 bits per heavy atom. The fourth-order valence-corrected chi connectivity index (χ4v) is 5.69. The SMILES string of the molecule is C=CCn1c(=NC(=O)c2ccc(S(=O)(=O)N(C)c3ccccc3)cc2)sc2cc([N+](=O)[O-])ccc21. The van der Waals surface area contributed by atoms with Crippen LogP contribution in [0.1, 0.15) is 10.4 Å². The number of carbonyl (C=O) groups excluding carboxylic acids is 1. The van der Waals surface area contributed by atoms with Gasteiger partial charge in [-0.1, -0.05) is 35.6 Å². The standard InChI is InChI=1S/C24H20N4O5S2/c1-3-15-27-21-14-11-19(28(30)31)16-22(21)34-24(27)25-23(29)17-9-12-20(13-10-17)35(32,33)26(2)18-7-5-4-6-8-18/h3-14,16H,1,15H2,2H3. The Bertz CT molecular complexity index is 1610. The van der Waals surface area contributed by atoms with Crippen LogP contribution >= 0.6 is 11.3 Å². The first kappa shape index (κ1) is 24.0. The highest BCUT2D eigenvalue weighted by molar-refractivity contribution is 7.92. The van der Waals surface area contributed by atoms with Crippen molar-refractivity contribution in [3.8, 4) is 0 Å². The number of rotatable bonds is 7. The Kier molecular flexibility index (Phi) is 6.63. The van der Waals surface area contributed by atoms with Crippen LogP contribution in [0.2, 0.25) is 0 Å². The van der Waals surface area contributed by atoms with E-state index in [0.29, 0.717) is 27.3 Å². The minimum Gasteiger partial charge on any atom is -0.312 e. The number of allylic oxidation sites excluding steroid dienone is 1. The van der Waals surface area contributed by atoms with Crippen molar-refractivity contribution in [2.24, 2.45) is 4.99 Å². The molecule has 0 aliphatic heterocycles. The number of nitrogens with zero attached hydrogens (tertiary/aromatic N) is 4. The largest absolute Gasteiger partial charge is 0.312 e. The summed E-state index contributed by atoms with van der Waals surface area (Å²) < 4.78 is 29.4. The van der Waals surface area contributed by atoms with Crippen LogP contribution in [-0.4, -0.2) is 30.9 Å². The molecule has 0 aliphatic rings. The third kappa shape index (κ3) is 4.77. The first-order valence-electron chi connectivity index (χ1n) is 10.3. The van der Waals surface area contributed by atoms with Crippen molar-refractivity contribution in [2.75, 3.05) is 11.4 Å². The molecule has 3 aromatic carbocycles. The zero-order chi connectivity index (χ0) is 25.2. The summed E-state index contributed by atoms with van der Waals surface area (Å²) in [6.45, 7) is 4.08. The van der Waals surface area contributed by atoms with Gasteiger partial charge in [0.05, 0.1) is 25.7 Å². The van der Waals surface area contributed by atoms with Crippen molar-refractivity contribution in [2.45, 2.75) is 11.4 Å². The number of nitro benzene ring substituents is 1. The van der Waals surface area contributed by atoms with Gasteiger partial charge in [-0.15, -0.1) is 6.58 Å². The van der Waals surface area contributed by atoms with Gasteiger partial charge in [0.2, 0.25) is 0 Å². The number of anilines is 1. The molecule has 11 heteroatoms. The normalized spacial score (nSPS) is 12.0. The highest BCUT2D eigenvalue weighted by atomic mass is 32.2. The smallest absolute Gasteiger partial charge is 0.279 e. The van der Waals surface area contributed by atoms with Crippen LogP contribution < -0.4 is 9.11 Å². The number of fused-ring (bicyclic) bond motifs is 1. The maximum Gasteiger partial charge on any atom is 0.279 e. The van der Waals surface area contributed by atoms with Gasteiger partial charge < -0.3 is 4.57 Å². The van der Waals surface area contributed by atoms with Gasteiger partial charge in [-0.25, -0.2) is 8.42 Å². The molecule has 0 aliphatic carbocycles. The molecule has 0 saturated carbocycles. The molecule has 178 valence electrons. The predicted octanol–water partition coefficient (Wildman–Crippen LogP) is 4.36. The number of hydrogen-bond acceptors (Lipinski definition) is 6. The zero-order valence-electron chi connectivity index (χ0n) is 18.6. The number of thiazole rings is 1.